The zero-order valence-electron chi connectivity index (χ0n) is 8.72. The van der Waals surface area contributed by atoms with Crippen molar-refractivity contribution >= 4 is 17.3 Å². The molecule has 2 N–H and O–H groups in total. The summed E-state index contributed by atoms with van der Waals surface area (Å²) in [5.74, 6) is 0. The van der Waals surface area contributed by atoms with Gasteiger partial charge in [0.2, 0.25) is 0 Å². The maximum atomic E-state index is 5.93. The molecule has 1 aromatic rings. The Kier molecular flexibility index (Phi) is 4.81. The van der Waals surface area contributed by atoms with Crippen molar-refractivity contribution in [2.24, 2.45) is 0 Å². The van der Waals surface area contributed by atoms with Gasteiger partial charge < -0.3 is 5.73 Å². The predicted molar refractivity (Wildman–Crippen MR) is 63.7 cm³/mol. The summed E-state index contributed by atoms with van der Waals surface area (Å²) in [6, 6.07) is 5.92. The topological polar surface area (TPSA) is 26.0 Å². The Morgan fingerprint density at radius 3 is 2.64 bits per heavy atom. The Morgan fingerprint density at radius 1 is 1.21 bits per heavy atom. The van der Waals surface area contributed by atoms with Crippen LogP contribution >= 0.6 is 11.6 Å². The third-order valence-corrected chi connectivity index (χ3v) is 2.71. The smallest absolute Gasteiger partial charge is 0.0638 e. The summed E-state index contributed by atoms with van der Waals surface area (Å²) in [5, 5.41) is 0.679. The minimum absolute atomic E-state index is 0.670. The quantitative estimate of drug-likeness (QED) is 0.577. The van der Waals surface area contributed by atoms with E-state index in [1.54, 1.807) is 0 Å². The first-order valence-electron chi connectivity index (χ1n) is 5.28. The van der Waals surface area contributed by atoms with Gasteiger partial charge in [0.1, 0.15) is 0 Å². The second kappa shape index (κ2) is 5.92. The molecule has 78 valence electrons. The van der Waals surface area contributed by atoms with Crippen molar-refractivity contribution in [3.63, 3.8) is 0 Å². The van der Waals surface area contributed by atoms with Gasteiger partial charge >= 0.3 is 0 Å². The Labute approximate surface area is 91.3 Å². The van der Waals surface area contributed by atoms with Crippen LogP contribution in [-0.2, 0) is 6.42 Å². The minimum Gasteiger partial charge on any atom is -0.398 e. The van der Waals surface area contributed by atoms with Crippen molar-refractivity contribution in [1.29, 1.82) is 0 Å². The van der Waals surface area contributed by atoms with E-state index in [0.29, 0.717) is 10.7 Å². The van der Waals surface area contributed by atoms with Gasteiger partial charge in [-0.25, -0.2) is 0 Å². The number of benzene rings is 1. The van der Waals surface area contributed by atoms with Gasteiger partial charge in [-0.15, -0.1) is 0 Å². The van der Waals surface area contributed by atoms with Gasteiger partial charge in [-0.3, -0.25) is 0 Å². The standard InChI is InChI=1S/C12H18ClN/c1-2-3-4-5-6-10-7-8-12(14)11(13)9-10/h7-9H,2-6,14H2,1H3. The molecule has 0 aliphatic heterocycles. The van der Waals surface area contributed by atoms with E-state index < -0.39 is 0 Å². The summed E-state index contributed by atoms with van der Waals surface area (Å²) in [4.78, 5) is 0. The van der Waals surface area contributed by atoms with E-state index in [-0.39, 0.29) is 0 Å². The number of hydrogen-bond donors (Lipinski definition) is 1. The molecule has 0 aromatic heterocycles. The van der Waals surface area contributed by atoms with Crippen molar-refractivity contribution in [2.75, 3.05) is 5.73 Å². The molecular weight excluding hydrogens is 194 g/mol. The number of rotatable bonds is 5. The molecule has 1 aromatic carbocycles. The Balaban J connectivity index is 2.39. The molecule has 0 amide bonds. The SMILES string of the molecule is CCCCCCc1ccc(N)c(Cl)c1. The highest BCUT2D eigenvalue weighted by Crippen LogP contribution is 2.20. The van der Waals surface area contributed by atoms with E-state index in [9.17, 15) is 0 Å². The third-order valence-electron chi connectivity index (χ3n) is 2.38. The monoisotopic (exact) mass is 211 g/mol. The van der Waals surface area contributed by atoms with Crippen LogP contribution in [0.4, 0.5) is 5.69 Å². The van der Waals surface area contributed by atoms with Gasteiger partial charge in [0.25, 0.3) is 0 Å². The van der Waals surface area contributed by atoms with Gasteiger partial charge in [-0.05, 0) is 30.5 Å². The molecular formula is C12H18ClN. The highest BCUT2D eigenvalue weighted by atomic mass is 35.5. The number of hydrogen-bond acceptors (Lipinski definition) is 1. The van der Waals surface area contributed by atoms with E-state index in [1.165, 1.54) is 31.2 Å². The first-order valence-corrected chi connectivity index (χ1v) is 5.65. The second-order valence-electron chi connectivity index (χ2n) is 3.67. The maximum absolute atomic E-state index is 5.93. The fourth-order valence-corrected chi connectivity index (χ4v) is 1.69. The molecule has 14 heavy (non-hydrogen) atoms. The van der Waals surface area contributed by atoms with Crippen molar-refractivity contribution < 1.29 is 0 Å². The normalized spacial score (nSPS) is 10.4. The average Bonchev–Trinajstić information content (AvgIpc) is 2.18. The van der Waals surface area contributed by atoms with Crippen molar-refractivity contribution in [3.05, 3.63) is 28.8 Å². The summed E-state index contributed by atoms with van der Waals surface area (Å²) in [5.41, 5.74) is 7.60. The van der Waals surface area contributed by atoms with Crippen LogP contribution in [0.15, 0.2) is 18.2 Å². The van der Waals surface area contributed by atoms with E-state index in [4.69, 9.17) is 17.3 Å². The lowest BCUT2D eigenvalue weighted by molar-refractivity contribution is 0.667. The number of aryl methyl sites for hydroxylation is 1. The Hall–Kier alpha value is -0.690. The van der Waals surface area contributed by atoms with Crippen LogP contribution in [-0.4, -0.2) is 0 Å². The zero-order chi connectivity index (χ0) is 10.4. The number of halogens is 1. The summed E-state index contributed by atoms with van der Waals surface area (Å²) >= 11 is 5.93. The first kappa shape index (κ1) is 11.4. The van der Waals surface area contributed by atoms with Gasteiger partial charge in [0.15, 0.2) is 0 Å². The zero-order valence-corrected chi connectivity index (χ0v) is 9.48. The molecule has 0 spiro atoms. The average molecular weight is 212 g/mol. The van der Waals surface area contributed by atoms with Gasteiger partial charge in [-0.1, -0.05) is 43.9 Å². The molecule has 0 heterocycles. The van der Waals surface area contributed by atoms with Gasteiger partial charge in [0, 0.05) is 0 Å². The summed E-state index contributed by atoms with van der Waals surface area (Å²) in [7, 11) is 0. The predicted octanol–water partition coefficient (Wildman–Crippen LogP) is 4.05. The fourth-order valence-electron chi connectivity index (χ4n) is 1.48. The lowest BCUT2D eigenvalue weighted by atomic mass is 10.1. The molecule has 0 fully saturated rings. The maximum Gasteiger partial charge on any atom is 0.0638 e. The lowest BCUT2D eigenvalue weighted by Gasteiger charge is -2.03. The van der Waals surface area contributed by atoms with Crippen LogP contribution in [0, 0.1) is 0 Å². The molecule has 1 rings (SSSR count). The number of unbranched alkanes of at least 4 members (excludes halogenated alkanes) is 3. The van der Waals surface area contributed by atoms with Crippen LogP contribution in [0.1, 0.15) is 38.2 Å². The molecule has 2 heteroatoms. The molecule has 0 radical (unpaired) electrons. The molecule has 0 bridgehead atoms. The highest BCUT2D eigenvalue weighted by Gasteiger charge is 1.98. The van der Waals surface area contributed by atoms with E-state index in [1.807, 2.05) is 12.1 Å². The van der Waals surface area contributed by atoms with E-state index in [0.717, 1.165) is 6.42 Å². The highest BCUT2D eigenvalue weighted by molar-refractivity contribution is 6.33. The molecule has 0 unspecified atom stereocenters. The summed E-state index contributed by atoms with van der Waals surface area (Å²) in [6.45, 7) is 2.22. The Morgan fingerprint density at radius 2 is 2.00 bits per heavy atom. The summed E-state index contributed by atoms with van der Waals surface area (Å²) in [6.07, 6.45) is 6.26. The molecule has 0 atom stereocenters. The molecule has 1 nitrogen and oxygen atoms in total. The van der Waals surface area contributed by atoms with E-state index >= 15 is 0 Å². The summed E-state index contributed by atoms with van der Waals surface area (Å²) < 4.78 is 0. The van der Waals surface area contributed by atoms with E-state index in [2.05, 4.69) is 13.0 Å². The first-order chi connectivity index (χ1) is 6.74. The second-order valence-corrected chi connectivity index (χ2v) is 4.07. The van der Waals surface area contributed by atoms with Crippen LogP contribution in [0.2, 0.25) is 5.02 Å². The number of nitrogen functional groups attached to an aromatic ring is 1. The lowest BCUT2D eigenvalue weighted by Crippen LogP contribution is -1.90. The fraction of sp³-hybridized carbons (Fsp3) is 0.500. The number of anilines is 1. The number of nitrogens with two attached hydrogens (primary N) is 1. The van der Waals surface area contributed by atoms with Crippen molar-refractivity contribution in [1.82, 2.24) is 0 Å². The molecule has 0 saturated carbocycles. The molecule has 0 aliphatic carbocycles. The third kappa shape index (κ3) is 3.59. The Bertz CT molecular complexity index is 284. The minimum atomic E-state index is 0.670. The van der Waals surface area contributed by atoms with Crippen LogP contribution in [0.3, 0.4) is 0 Å². The van der Waals surface area contributed by atoms with Crippen molar-refractivity contribution in [3.8, 4) is 0 Å². The van der Waals surface area contributed by atoms with Gasteiger partial charge in [0.05, 0.1) is 10.7 Å². The molecule has 0 aliphatic rings. The van der Waals surface area contributed by atoms with Gasteiger partial charge in [-0.2, -0.15) is 0 Å². The van der Waals surface area contributed by atoms with Crippen LogP contribution in [0.25, 0.3) is 0 Å². The van der Waals surface area contributed by atoms with Crippen molar-refractivity contribution in [2.45, 2.75) is 39.0 Å². The van der Waals surface area contributed by atoms with Crippen LogP contribution < -0.4 is 5.73 Å². The largest absolute Gasteiger partial charge is 0.398 e. The molecule has 0 saturated heterocycles. The van der Waals surface area contributed by atoms with Crippen LogP contribution in [0.5, 0.6) is 0 Å².